The van der Waals surface area contributed by atoms with E-state index in [1.807, 2.05) is 38.1 Å². The van der Waals surface area contributed by atoms with Crippen molar-refractivity contribution in [3.63, 3.8) is 0 Å². The molecule has 32 heavy (non-hydrogen) atoms. The maximum Gasteiger partial charge on any atom is 0.322 e. The van der Waals surface area contributed by atoms with Crippen LogP contribution in [-0.2, 0) is 14.8 Å². The van der Waals surface area contributed by atoms with Crippen LogP contribution in [-0.4, -0.2) is 45.7 Å². The van der Waals surface area contributed by atoms with Gasteiger partial charge in [-0.1, -0.05) is 63.8 Å². The minimum atomic E-state index is -3.98. The molecule has 0 aromatic heterocycles. The molecule has 0 spiro atoms. The molecule has 0 heterocycles. The summed E-state index contributed by atoms with van der Waals surface area (Å²) >= 11 is 0. The summed E-state index contributed by atoms with van der Waals surface area (Å²) < 4.78 is 28.1. The third-order valence-electron chi connectivity index (χ3n) is 6.04. The summed E-state index contributed by atoms with van der Waals surface area (Å²) in [5, 5.41) is 10.7. The van der Waals surface area contributed by atoms with Gasteiger partial charge >= 0.3 is 5.97 Å². The van der Waals surface area contributed by atoms with Gasteiger partial charge in [0.05, 0.1) is 4.90 Å². The molecule has 2 aromatic rings. The van der Waals surface area contributed by atoms with Crippen LogP contribution in [0.5, 0.6) is 0 Å². The van der Waals surface area contributed by atoms with Crippen LogP contribution in [0.1, 0.15) is 52.4 Å². The zero-order valence-corrected chi connectivity index (χ0v) is 20.4. The highest BCUT2D eigenvalue weighted by Gasteiger charge is 2.30. The number of fused-ring (bicyclic) bond motifs is 1. The van der Waals surface area contributed by atoms with Crippen molar-refractivity contribution in [1.82, 2.24) is 4.72 Å². The highest BCUT2D eigenvalue weighted by Crippen LogP contribution is 2.30. The van der Waals surface area contributed by atoms with Crippen molar-refractivity contribution >= 4 is 32.5 Å². The zero-order chi connectivity index (χ0) is 23.9. The van der Waals surface area contributed by atoms with E-state index in [1.165, 1.54) is 38.2 Å². The maximum atomic E-state index is 12.9. The molecule has 2 atom stereocenters. The molecule has 178 valence electrons. The van der Waals surface area contributed by atoms with Gasteiger partial charge < -0.3 is 15.7 Å². The number of hydrogen-bond donors (Lipinski definition) is 3. The SMILES string of the molecule is CCC(C)[C@H](NS(=O)(=O)c1cccc2c(N(C)C)cccc12)C(=O)O.NC1CCCCC1. The Balaban J connectivity index is 0.000000439. The monoisotopic (exact) mass is 463 g/mol. The Bertz CT molecular complexity index is 1000. The average Bonchev–Trinajstić information content (AvgIpc) is 2.76. The van der Waals surface area contributed by atoms with Crippen molar-refractivity contribution in [3.05, 3.63) is 36.4 Å². The van der Waals surface area contributed by atoms with E-state index < -0.39 is 22.0 Å². The van der Waals surface area contributed by atoms with E-state index in [4.69, 9.17) is 5.73 Å². The van der Waals surface area contributed by atoms with E-state index >= 15 is 0 Å². The standard InChI is InChI=1S/C18H24N2O4S.C6H13N/c1-5-12(2)17(18(21)22)19-25(23,24)16-11-7-8-13-14(16)9-6-10-15(13)20(3)4;7-6-4-2-1-3-5-6/h6-12,17,19H,5H2,1-4H3,(H,21,22);6H,1-5,7H2/t12?,17-;/m0./s1. The predicted octanol–water partition coefficient (Wildman–Crippen LogP) is 3.96. The minimum Gasteiger partial charge on any atom is -0.480 e. The van der Waals surface area contributed by atoms with Crippen molar-refractivity contribution in [2.75, 3.05) is 19.0 Å². The lowest BCUT2D eigenvalue weighted by atomic mass is 9.97. The third-order valence-corrected chi connectivity index (χ3v) is 7.54. The van der Waals surface area contributed by atoms with Gasteiger partial charge in [0.15, 0.2) is 0 Å². The molecule has 1 fully saturated rings. The van der Waals surface area contributed by atoms with Crippen molar-refractivity contribution in [3.8, 4) is 0 Å². The molecule has 4 N–H and O–H groups in total. The van der Waals surface area contributed by atoms with Crippen molar-refractivity contribution in [1.29, 1.82) is 0 Å². The molecule has 0 saturated heterocycles. The van der Waals surface area contributed by atoms with Gasteiger partial charge in [-0.2, -0.15) is 4.72 Å². The summed E-state index contributed by atoms with van der Waals surface area (Å²) in [4.78, 5) is 13.5. The second-order valence-electron chi connectivity index (χ2n) is 8.74. The first kappa shape index (κ1) is 26.1. The van der Waals surface area contributed by atoms with Gasteiger partial charge in [-0.15, -0.1) is 0 Å². The van der Waals surface area contributed by atoms with Gasteiger partial charge in [-0.3, -0.25) is 4.79 Å². The Kier molecular flexibility index (Phi) is 9.48. The first-order valence-corrected chi connectivity index (χ1v) is 12.8. The molecule has 7 nitrogen and oxygen atoms in total. The number of rotatable bonds is 7. The molecule has 1 aliphatic carbocycles. The molecule has 0 bridgehead atoms. The lowest BCUT2D eigenvalue weighted by Crippen LogP contribution is -2.44. The van der Waals surface area contributed by atoms with E-state index in [1.54, 1.807) is 25.1 Å². The Morgan fingerprint density at radius 1 is 1.12 bits per heavy atom. The summed E-state index contributed by atoms with van der Waals surface area (Å²) in [7, 11) is -0.205. The number of nitrogens with zero attached hydrogens (tertiary/aromatic N) is 1. The summed E-state index contributed by atoms with van der Waals surface area (Å²) in [5.74, 6) is -1.49. The number of aliphatic carboxylic acids is 1. The van der Waals surface area contributed by atoms with E-state index in [-0.39, 0.29) is 10.8 Å². The number of nitrogens with two attached hydrogens (primary N) is 1. The molecule has 0 amide bonds. The molecule has 1 unspecified atom stereocenters. The highest BCUT2D eigenvalue weighted by atomic mass is 32.2. The smallest absolute Gasteiger partial charge is 0.322 e. The molecular formula is C24H37N3O4S. The Morgan fingerprint density at radius 2 is 1.72 bits per heavy atom. The molecular weight excluding hydrogens is 426 g/mol. The molecule has 0 radical (unpaired) electrons. The minimum absolute atomic E-state index is 0.0863. The van der Waals surface area contributed by atoms with Gasteiger partial charge in [0.1, 0.15) is 6.04 Å². The van der Waals surface area contributed by atoms with E-state index in [0.29, 0.717) is 17.8 Å². The van der Waals surface area contributed by atoms with Crippen molar-refractivity contribution < 1.29 is 18.3 Å². The van der Waals surface area contributed by atoms with Crippen LogP contribution in [0, 0.1) is 5.92 Å². The molecule has 8 heteroatoms. The number of nitrogens with one attached hydrogen (secondary N) is 1. The quantitative estimate of drug-likeness (QED) is 0.573. The van der Waals surface area contributed by atoms with Gasteiger partial charge in [0, 0.05) is 36.6 Å². The van der Waals surface area contributed by atoms with E-state index in [0.717, 1.165) is 11.1 Å². The van der Waals surface area contributed by atoms with Crippen LogP contribution in [0.25, 0.3) is 10.8 Å². The Labute approximate surface area is 192 Å². The van der Waals surface area contributed by atoms with Crippen LogP contribution in [0.3, 0.4) is 0 Å². The third kappa shape index (κ3) is 6.67. The van der Waals surface area contributed by atoms with Crippen LogP contribution in [0.15, 0.2) is 41.3 Å². The largest absolute Gasteiger partial charge is 0.480 e. The molecule has 1 saturated carbocycles. The number of carbonyl (C=O) groups is 1. The van der Waals surface area contributed by atoms with Gasteiger partial charge in [0.2, 0.25) is 10.0 Å². The fourth-order valence-electron chi connectivity index (χ4n) is 3.90. The van der Waals surface area contributed by atoms with Crippen LogP contribution < -0.4 is 15.4 Å². The number of sulfonamides is 1. The Morgan fingerprint density at radius 3 is 2.22 bits per heavy atom. The fourth-order valence-corrected chi connectivity index (χ4v) is 5.42. The van der Waals surface area contributed by atoms with E-state index in [9.17, 15) is 18.3 Å². The second-order valence-corrected chi connectivity index (χ2v) is 10.4. The van der Waals surface area contributed by atoms with Crippen LogP contribution in [0.2, 0.25) is 0 Å². The molecule has 2 aromatic carbocycles. The van der Waals surface area contributed by atoms with Gasteiger partial charge in [0.25, 0.3) is 0 Å². The molecule has 1 aliphatic rings. The fraction of sp³-hybridized carbons (Fsp3) is 0.542. The van der Waals surface area contributed by atoms with Crippen LogP contribution >= 0.6 is 0 Å². The topological polar surface area (TPSA) is 113 Å². The predicted molar refractivity (Wildman–Crippen MR) is 131 cm³/mol. The normalized spacial score (nSPS) is 16.7. The number of benzene rings is 2. The number of anilines is 1. The van der Waals surface area contributed by atoms with Crippen LogP contribution in [0.4, 0.5) is 5.69 Å². The highest BCUT2D eigenvalue weighted by molar-refractivity contribution is 7.89. The van der Waals surface area contributed by atoms with Gasteiger partial charge in [-0.05, 0) is 30.9 Å². The zero-order valence-electron chi connectivity index (χ0n) is 19.5. The van der Waals surface area contributed by atoms with Crippen molar-refractivity contribution in [2.45, 2.75) is 69.4 Å². The average molecular weight is 464 g/mol. The maximum absolute atomic E-state index is 12.9. The second kappa shape index (κ2) is 11.6. The van der Waals surface area contributed by atoms with E-state index in [2.05, 4.69) is 4.72 Å². The van der Waals surface area contributed by atoms with Gasteiger partial charge in [-0.25, -0.2) is 8.42 Å². The lowest BCUT2D eigenvalue weighted by molar-refractivity contribution is -0.140. The first-order chi connectivity index (χ1) is 15.1. The number of carboxylic acids is 1. The number of carboxylic acid groups (broad SMARTS) is 1. The first-order valence-electron chi connectivity index (χ1n) is 11.3. The van der Waals surface area contributed by atoms with Crippen molar-refractivity contribution in [2.24, 2.45) is 11.7 Å². The Hall–Kier alpha value is -2.16. The molecule has 0 aliphatic heterocycles. The number of hydrogen-bond acceptors (Lipinski definition) is 5. The summed E-state index contributed by atoms with van der Waals surface area (Å²) in [6, 6.07) is 9.83. The summed E-state index contributed by atoms with van der Waals surface area (Å²) in [6.07, 6.45) is 7.22. The summed E-state index contributed by atoms with van der Waals surface area (Å²) in [6.45, 7) is 3.55. The lowest BCUT2D eigenvalue weighted by Gasteiger charge is -2.21. The summed E-state index contributed by atoms with van der Waals surface area (Å²) in [5.41, 5.74) is 6.53. The molecule has 3 rings (SSSR count).